The van der Waals surface area contributed by atoms with E-state index in [0.717, 1.165) is 22.8 Å². The summed E-state index contributed by atoms with van der Waals surface area (Å²) >= 11 is 0. The molecule has 14 heteroatoms. The van der Waals surface area contributed by atoms with Crippen molar-refractivity contribution >= 4 is 18.2 Å². The van der Waals surface area contributed by atoms with Gasteiger partial charge in [-0.3, -0.25) is 9.80 Å². The Bertz CT molecular complexity index is 2050. The molecular weight excluding hydrogens is 813 g/mol. The molecule has 2 amide bonds. The predicted molar refractivity (Wildman–Crippen MR) is 233 cm³/mol. The van der Waals surface area contributed by atoms with Gasteiger partial charge in [0.25, 0.3) is 0 Å². The van der Waals surface area contributed by atoms with Crippen LogP contribution in [-0.2, 0) is 54.7 Å². The molecule has 340 valence electrons. The van der Waals surface area contributed by atoms with Crippen LogP contribution in [0.25, 0.3) is 0 Å². The zero-order valence-corrected chi connectivity index (χ0v) is 37.0. The lowest BCUT2D eigenvalue weighted by Gasteiger charge is -2.33. The van der Waals surface area contributed by atoms with Gasteiger partial charge >= 0.3 is 18.2 Å². The minimum Gasteiger partial charge on any atom is -0.459 e. The maximum absolute atomic E-state index is 13.6. The first kappa shape index (κ1) is 48.6. The second kappa shape index (κ2) is 22.3. The normalized spacial score (nSPS) is 19.7. The van der Waals surface area contributed by atoms with Gasteiger partial charge in [0.15, 0.2) is 0 Å². The summed E-state index contributed by atoms with van der Waals surface area (Å²) in [4.78, 5) is 41.2. The van der Waals surface area contributed by atoms with E-state index >= 15 is 0 Å². The van der Waals surface area contributed by atoms with Crippen LogP contribution in [0.4, 0.5) is 18.4 Å². The van der Waals surface area contributed by atoms with Crippen molar-refractivity contribution in [3.05, 3.63) is 143 Å². The Morgan fingerprint density at radius 1 is 0.651 bits per heavy atom. The third kappa shape index (κ3) is 15.7. The van der Waals surface area contributed by atoms with Gasteiger partial charge in [-0.05, 0) is 88.8 Å². The van der Waals surface area contributed by atoms with Gasteiger partial charge < -0.3 is 34.5 Å². The average Bonchev–Trinajstić information content (AvgIpc) is 3.86. The van der Waals surface area contributed by atoms with Crippen molar-refractivity contribution in [3.8, 4) is 0 Å². The topological polar surface area (TPSA) is 150 Å². The number of rotatable bonds is 13. The van der Waals surface area contributed by atoms with Crippen LogP contribution in [0.1, 0.15) is 76.6 Å². The van der Waals surface area contributed by atoms with Gasteiger partial charge in [0, 0.05) is 18.5 Å². The molecule has 0 saturated carbocycles. The Morgan fingerprint density at radius 2 is 1.08 bits per heavy atom. The van der Waals surface area contributed by atoms with Crippen LogP contribution in [-0.4, -0.2) is 93.8 Å². The van der Waals surface area contributed by atoms with E-state index in [2.05, 4.69) is 0 Å². The molecule has 0 aromatic heterocycles. The van der Waals surface area contributed by atoms with Crippen LogP contribution in [0.15, 0.2) is 109 Å². The third-order valence-electron chi connectivity index (χ3n) is 10.2. The lowest BCUT2D eigenvalue weighted by atomic mass is 9.95. The molecular formula is C49H61F2N3O9. The number of nitrogens with two attached hydrogens (primary N) is 1. The van der Waals surface area contributed by atoms with E-state index in [1.807, 2.05) is 91.0 Å². The predicted octanol–water partition coefficient (Wildman–Crippen LogP) is 8.11. The molecule has 0 spiro atoms. The molecule has 2 heterocycles. The Hall–Kier alpha value is -5.41. The standard InChI is InChI=1S/C25H32F2N2O4.C24H29NO5/c1-25(2,3)33-24(31)29-14-20(32-15-16-7-5-4-6-8-16)13-22(29)23(30)21(28)11-17-9-18(26)12-19(27)10-17;1-24(2,3)30-23(27)25-15-20(28-16-18-10-6-4-7-11-18)14-21(25)22(26)29-17-19-12-8-5-9-13-19/h4-10,12,20-23,30H,11,13-15,28H2,1-3H3;4-13,20-21H,14-17H2,1-3H3/t20-,21+,22-,23+;20-,21+/m11/s1. The Balaban J connectivity index is 0.000000239. The molecule has 0 bridgehead atoms. The summed E-state index contributed by atoms with van der Waals surface area (Å²) in [6, 6.07) is 29.8. The van der Waals surface area contributed by atoms with E-state index in [0.29, 0.717) is 31.6 Å². The number of hydrogen-bond acceptors (Lipinski definition) is 10. The number of amides is 2. The van der Waals surface area contributed by atoms with Crippen molar-refractivity contribution in [1.82, 2.24) is 9.80 Å². The van der Waals surface area contributed by atoms with Crippen molar-refractivity contribution in [1.29, 1.82) is 0 Å². The molecule has 3 N–H and O–H groups in total. The lowest BCUT2D eigenvalue weighted by molar-refractivity contribution is -0.150. The molecule has 12 nitrogen and oxygen atoms in total. The van der Waals surface area contributed by atoms with E-state index in [9.17, 15) is 28.3 Å². The molecule has 63 heavy (non-hydrogen) atoms. The summed E-state index contributed by atoms with van der Waals surface area (Å²) in [5.41, 5.74) is 8.11. The minimum atomic E-state index is -1.14. The summed E-state index contributed by atoms with van der Waals surface area (Å²) in [7, 11) is 0. The molecule has 0 unspecified atom stereocenters. The number of esters is 1. The number of nitrogens with zero attached hydrogens (tertiary/aromatic N) is 2. The van der Waals surface area contributed by atoms with Crippen molar-refractivity contribution in [2.45, 2.75) is 128 Å². The van der Waals surface area contributed by atoms with Crippen molar-refractivity contribution in [2.24, 2.45) is 5.73 Å². The number of carbonyl (C=O) groups is 3. The fourth-order valence-corrected chi connectivity index (χ4v) is 7.27. The SMILES string of the molecule is CC(C)(C)OC(=O)N1C[C@H](OCc2ccccc2)C[C@@H]1[C@@H](O)[C@@H](N)Cc1cc(F)cc(F)c1.CC(C)(C)OC(=O)N1C[C@H](OCc2ccccc2)C[C@H]1C(=O)OCc1ccccc1. The first-order valence-corrected chi connectivity index (χ1v) is 21.2. The lowest BCUT2D eigenvalue weighted by Crippen LogP contribution is -2.52. The highest BCUT2D eigenvalue weighted by Crippen LogP contribution is 2.29. The number of aliphatic hydroxyl groups excluding tert-OH is 1. The summed E-state index contributed by atoms with van der Waals surface area (Å²) in [5, 5.41) is 11.0. The van der Waals surface area contributed by atoms with E-state index < -0.39 is 65.2 Å². The van der Waals surface area contributed by atoms with Gasteiger partial charge in [0.05, 0.1) is 50.7 Å². The molecule has 2 saturated heterocycles. The highest BCUT2D eigenvalue weighted by molar-refractivity contribution is 5.82. The molecule has 2 aliphatic rings. The smallest absolute Gasteiger partial charge is 0.411 e. The molecule has 2 aliphatic heterocycles. The summed E-state index contributed by atoms with van der Waals surface area (Å²) < 4.78 is 55.6. The molecule has 4 aromatic rings. The molecule has 6 rings (SSSR count). The number of ether oxygens (including phenoxy) is 5. The Kier molecular flexibility index (Phi) is 17.2. The maximum atomic E-state index is 13.6. The highest BCUT2D eigenvalue weighted by Gasteiger charge is 2.44. The number of hydrogen-bond donors (Lipinski definition) is 2. The quantitative estimate of drug-likeness (QED) is 0.0997. The van der Waals surface area contributed by atoms with Crippen molar-refractivity contribution in [3.63, 3.8) is 0 Å². The zero-order valence-electron chi connectivity index (χ0n) is 37.0. The number of halogens is 2. The van der Waals surface area contributed by atoms with Crippen molar-refractivity contribution in [2.75, 3.05) is 13.1 Å². The second-order valence-corrected chi connectivity index (χ2v) is 17.9. The summed E-state index contributed by atoms with van der Waals surface area (Å²) in [6.45, 7) is 12.2. The van der Waals surface area contributed by atoms with E-state index in [1.54, 1.807) is 41.5 Å². The van der Waals surface area contributed by atoms with E-state index in [-0.39, 0.29) is 38.3 Å². The maximum Gasteiger partial charge on any atom is 0.411 e. The van der Waals surface area contributed by atoms with Crippen LogP contribution in [0.2, 0.25) is 0 Å². The summed E-state index contributed by atoms with van der Waals surface area (Å²) in [6.07, 6.45) is -2.06. The first-order valence-electron chi connectivity index (χ1n) is 21.2. The fraction of sp³-hybridized carbons (Fsp3) is 0.449. The largest absolute Gasteiger partial charge is 0.459 e. The van der Waals surface area contributed by atoms with Gasteiger partial charge in [-0.2, -0.15) is 0 Å². The first-order chi connectivity index (χ1) is 29.8. The van der Waals surface area contributed by atoms with Crippen LogP contribution >= 0.6 is 0 Å². The van der Waals surface area contributed by atoms with Crippen molar-refractivity contribution < 1.29 is 52.0 Å². The van der Waals surface area contributed by atoms with E-state index in [1.165, 1.54) is 21.9 Å². The van der Waals surface area contributed by atoms with Crippen LogP contribution < -0.4 is 5.73 Å². The molecule has 0 aliphatic carbocycles. The molecule has 2 fully saturated rings. The van der Waals surface area contributed by atoms with Gasteiger partial charge in [-0.25, -0.2) is 23.2 Å². The average molecular weight is 874 g/mol. The number of likely N-dealkylation sites (tertiary alicyclic amines) is 2. The monoisotopic (exact) mass is 873 g/mol. The minimum absolute atomic E-state index is 0.0457. The molecule has 6 atom stereocenters. The second-order valence-electron chi connectivity index (χ2n) is 17.9. The highest BCUT2D eigenvalue weighted by atomic mass is 19.1. The number of aliphatic hydroxyl groups is 1. The number of carbonyl (C=O) groups excluding carboxylic acids is 3. The Labute approximate surface area is 369 Å². The zero-order chi connectivity index (χ0) is 45.7. The van der Waals surface area contributed by atoms with Gasteiger partial charge in [0.1, 0.15) is 35.5 Å². The van der Waals surface area contributed by atoms with Crippen LogP contribution in [0.5, 0.6) is 0 Å². The van der Waals surface area contributed by atoms with Gasteiger partial charge in [-0.1, -0.05) is 91.0 Å². The van der Waals surface area contributed by atoms with Crippen LogP contribution in [0.3, 0.4) is 0 Å². The fourth-order valence-electron chi connectivity index (χ4n) is 7.27. The third-order valence-corrected chi connectivity index (χ3v) is 10.2. The van der Waals surface area contributed by atoms with Gasteiger partial charge in [-0.15, -0.1) is 0 Å². The van der Waals surface area contributed by atoms with Crippen LogP contribution in [0, 0.1) is 11.6 Å². The molecule has 0 radical (unpaired) electrons. The van der Waals surface area contributed by atoms with E-state index in [4.69, 9.17) is 29.4 Å². The Morgan fingerprint density at radius 3 is 1.56 bits per heavy atom. The molecule has 4 aromatic carbocycles. The number of benzene rings is 4. The summed E-state index contributed by atoms with van der Waals surface area (Å²) in [5.74, 6) is -1.87. The van der Waals surface area contributed by atoms with Gasteiger partial charge in [0.2, 0.25) is 0 Å².